The topological polar surface area (TPSA) is 39.7 Å². The van der Waals surface area contributed by atoms with Crippen LogP contribution < -0.4 is 10.6 Å². The molecule has 0 saturated carbocycles. The van der Waals surface area contributed by atoms with E-state index in [1.54, 1.807) is 0 Å². The Morgan fingerprint density at radius 2 is 2.17 bits per heavy atom. The molecule has 2 N–H and O–H groups in total. The highest BCUT2D eigenvalue weighted by atomic mass is 15.2. The van der Waals surface area contributed by atoms with E-state index >= 15 is 0 Å². The van der Waals surface area contributed by atoms with Crippen LogP contribution in [0, 0.1) is 0 Å². The van der Waals surface area contributed by atoms with E-state index < -0.39 is 0 Å². The monoisotopic (exact) mass is 246 g/mol. The van der Waals surface area contributed by atoms with Crippen LogP contribution in [0.4, 0.5) is 0 Å². The zero-order chi connectivity index (χ0) is 12.6. The van der Waals surface area contributed by atoms with E-state index in [2.05, 4.69) is 57.9 Å². The molecule has 4 heteroatoms. The van der Waals surface area contributed by atoms with Crippen molar-refractivity contribution in [1.82, 2.24) is 15.5 Å². The Bertz CT molecular complexity index is 375. The normalized spacial score (nSPS) is 14.4. The lowest BCUT2D eigenvalue weighted by Crippen LogP contribution is -2.35. The summed E-state index contributed by atoms with van der Waals surface area (Å²) in [6.45, 7) is 4.95. The van der Waals surface area contributed by atoms with Crippen molar-refractivity contribution in [3.63, 3.8) is 0 Å². The van der Waals surface area contributed by atoms with E-state index in [1.807, 2.05) is 0 Å². The van der Waals surface area contributed by atoms with Gasteiger partial charge in [0.05, 0.1) is 6.54 Å². The Kier molecular flexibility index (Phi) is 5.02. The van der Waals surface area contributed by atoms with Gasteiger partial charge >= 0.3 is 0 Å². The fourth-order valence-electron chi connectivity index (χ4n) is 2.05. The van der Waals surface area contributed by atoms with E-state index in [4.69, 9.17) is 0 Å². The number of rotatable bonds is 6. The summed E-state index contributed by atoms with van der Waals surface area (Å²) >= 11 is 0. The number of nitrogens with zero attached hydrogens (tertiary/aromatic N) is 2. The standard InChI is InChI=1S/C14H22N4/c1-18(12-13-6-3-2-4-7-13)11-5-8-15-14-16-9-10-17-14/h2-4,6-7H,5,8-12H2,1H3,(H2,15,16,17). The molecular formula is C14H22N4. The van der Waals surface area contributed by atoms with Crippen LogP contribution >= 0.6 is 0 Å². The zero-order valence-electron chi connectivity index (χ0n) is 11.0. The molecule has 0 radical (unpaired) electrons. The first-order valence-corrected chi connectivity index (χ1v) is 6.59. The van der Waals surface area contributed by atoms with Gasteiger partial charge in [0.25, 0.3) is 0 Å². The summed E-state index contributed by atoms with van der Waals surface area (Å²) in [7, 11) is 2.17. The van der Waals surface area contributed by atoms with Crippen LogP contribution in [0.15, 0.2) is 35.3 Å². The second kappa shape index (κ2) is 7.01. The van der Waals surface area contributed by atoms with Crippen LogP contribution in [0.25, 0.3) is 0 Å². The minimum Gasteiger partial charge on any atom is -0.356 e. The molecule has 4 nitrogen and oxygen atoms in total. The maximum atomic E-state index is 4.30. The summed E-state index contributed by atoms with van der Waals surface area (Å²) < 4.78 is 0. The van der Waals surface area contributed by atoms with Gasteiger partial charge in [0, 0.05) is 19.6 Å². The van der Waals surface area contributed by atoms with Crippen molar-refractivity contribution >= 4 is 5.96 Å². The SMILES string of the molecule is CN(CCCNC1=NCCN1)Cc1ccccc1. The maximum Gasteiger partial charge on any atom is 0.191 e. The molecule has 0 aliphatic carbocycles. The van der Waals surface area contributed by atoms with Crippen molar-refractivity contribution in [3.05, 3.63) is 35.9 Å². The first kappa shape index (κ1) is 12.9. The number of nitrogens with one attached hydrogen (secondary N) is 2. The van der Waals surface area contributed by atoms with E-state index in [0.717, 1.165) is 45.1 Å². The van der Waals surface area contributed by atoms with Crippen molar-refractivity contribution < 1.29 is 0 Å². The molecule has 0 bridgehead atoms. The Labute approximate surface area is 109 Å². The number of hydrogen-bond donors (Lipinski definition) is 2. The van der Waals surface area contributed by atoms with Gasteiger partial charge in [-0.25, -0.2) is 0 Å². The minimum absolute atomic E-state index is 0.899. The molecule has 1 aliphatic heterocycles. The third kappa shape index (κ3) is 4.37. The zero-order valence-corrected chi connectivity index (χ0v) is 11.0. The summed E-state index contributed by atoms with van der Waals surface area (Å²) in [6, 6.07) is 10.6. The van der Waals surface area contributed by atoms with Gasteiger partial charge in [-0.1, -0.05) is 30.3 Å². The van der Waals surface area contributed by atoms with Crippen LogP contribution in [0.1, 0.15) is 12.0 Å². The quantitative estimate of drug-likeness (QED) is 0.737. The largest absolute Gasteiger partial charge is 0.356 e. The molecular weight excluding hydrogens is 224 g/mol. The first-order chi connectivity index (χ1) is 8.84. The summed E-state index contributed by atoms with van der Waals surface area (Å²) in [5, 5.41) is 6.52. The number of aliphatic imine (C=N–C) groups is 1. The average molecular weight is 246 g/mol. The number of benzene rings is 1. The molecule has 2 rings (SSSR count). The van der Waals surface area contributed by atoms with Gasteiger partial charge in [0.1, 0.15) is 0 Å². The van der Waals surface area contributed by atoms with Crippen LogP contribution in [0.2, 0.25) is 0 Å². The number of guanidine groups is 1. The van der Waals surface area contributed by atoms with Crippen LogP contribution in [-0.2, 0) is 6.54 Å². The van der Waals surface area contributed by atoms with Crippen LogP contribution in [0.3, 0.4) is 0 Å². The highest BCUT2D eigenvalue weighted by Crippen LogP contribution is 2.02. The highest BCUT2D eigenvalue weighted by Gasteiger charge is 2.03. The molecule has 0 aromatic heterocycles. The lowest BCUT2D eigenvalue weighted by atomic mass is 10.2. The smallest absolute Gasteiger partial charge is 0.191 e. The second-order valence-corrected chi connectivity index (χ2v) is 4.66. The van der Waals surface area contributed by atoms with Gasteiger partial charge in [-0.3, -0.25) is 4.99 Å². The molecule has 98 valence electrons. The fourth-order valence-corrected chi connectivity index (χ4v) is 2.05. The predicted molar refractivity (Wildman–Crippen MR) is 75.7 cm³/mol. The highest BCUT2D eigenvalue weighted by molar-refractivity contribution is 5.81. The molecule has 1 heterocycles. The summed E-state index contributed by atoms with van der Waals surface area (Å²) in [5.74, 6) is 0.959. The average Bonchev–Trinajstić information content (AvgIpc) is 2.89. The maximum absolute atomic E-state index is 4.30. The first-order valence-electron chi connectivity index (χ1n) is 6.59. The Morgan fingerprint density at radius 1 is 1.33 bits per heavy atom. The van der Waals surface area contributed by atoms with Crippen molar-refractivity contribution in [3.8, 4) is 0 Å². The molecule has 1 aromatic rings. The fraction of sp³-hybridized carbons (Fsp3) is 0.500. The van der Waals surface area contributed by atoms with E-state index in [0.29, 0.717) is 0 Å². The molecule has 18 heavy (non-hydrogen) atoms. The number of hydrogen-bond acceptors (Lipinski definition) is 4. The molecule has 1 aliphatic rings. The Hall–Kier alpha value is -1.55. The van der Waals surface area contributed by atoms with Gasteiger partial charge in [-0.2, -0.15) is 0 Å². The Morgan fingerprint density at radius 3 is 2.89 bits per heavy atom. The molecule has 0 saturated heterocycles. The summed E-state index contributed by atoms with van der Waals surface area (Å²) in [4.78, 5) is 6.65. The predicted octanol–water partition coefficient (Wildman–Crippen LogP) is 1.06. The van der Waals surface area contributed by atoms with Crippen molar-refractivity contribution in [2.45, 2.75) is 13.0 Å². The second-order valence-electron chi connectivity index (χ2n) is 4.66. The molecule has 0 spiro atoms. The van der Waals surface area contributed by atoms with E-state index in [-0.39, 0.29) is 0 Å². The molecule has 0 fully saturated rings. The molecule has 0 amide bonds. The van der Waals surface area contributed by atoms with E-state index in [1.165, 1.54) is 5.56 Å². The lowest BCUT2D eigenvalue weighted by molar-refractivity contribution is 0.322. The van der Waals surface area contributed by atoms with Crippen LogP contribution in [-0.4, -0.2) is 44.1 Å². The summed E-state index contributed by atoms with van der Waals surface area (Å²) in [6.07, 6.45) is 1.13. The molecule has 0 atom stereocenters. The van der Waals surface area contributed by atoms with Gasteiger partial charge < -0.3 is 15.5 Å². The van der Waals surface area contributed by atoms with Gasteiger partial charge in [0.15, 0.2) is 5.96 Å². The van der Waals surface area contributed by atoms with E-state index in [9.17, 15) is 0 Å². The van der Waals surface area contributed by atoms with Gasteiger partial charge in [-0.15, -0.1) is 0 Å². The van der Waals surface area contributed by atoms with Crippen molar-refractivity contribution in [1.29, 1.82) is 0 Å². The molecule has 1 aromatic carbocycles. The van der Waals surface area contributed by atoms with Gasteiger partial charge in [-0.05, 0) is 25.6 Å². The van der Waals surface area contributed by atoms with Crippen molar-refractivity contribution in [2.24, 2.45) is 4.99 Å². The molecule has 0 unspecified atom stereocenters. The summed E-state index contributed by atoms with van der Waals surface area (Å²) in [5.41, 5.74) is 1.37. The third-order valence-electron chi connectivity index (χ3n) is 2.98. The van der Waals surface area contributed by atoms with Crippen molar-refractivity contribution in [2.75, 3.05) is 33.2 Å². The van der Waals surface area contributed by atoms with Gasteiger partial charge in [0.2, 0.25) is 0 Å². The lowest BCUT2D eigenvalue weighted by Gasteiger charge is -2.16. The Balaban J connectivity index is 1.58. The minimum atomic E-state index is 0.899. The van der Waals surface area contributed by atoms with Crippen LogP contribution in [0.5, 0.6) is 0 Å². The third-order valence-corrected chi connectivity index (χ3v) is 2.98.